The van der Waals surface area contributed by atoms with Gasteiger partial charge >= 0.3 is 0 Å². The summed E-state index contributed by atoms with van der Waals surface area (Å²) < 4.78 is 0. The number of hydrogen-bond acceptors (Lipinski definition) is 0. The van der Waals surface area contributed by atoms with Crippen molar-refractivity contribution in [3.8, 4) is 11.1 Å². The highest BCUT2D eigenvalue weighted by Gasteiger charge is 2.47. The molecule has 0 aromatic heterocycles. The molecule has 1 aliphatic rings. The minimum atomic E-state index is -0.324. The van der Waals surface area contributed by atoms with Crippen molar-refractivity contribution in [2.24, 2.45) is 0 Å². The first kappa shape index (κ1) is 20.5. The van der Waals surface area contributed by atoms with Crippen molar-refractivity contribution in [3.63, 3.8) is 0 Å². The average Bonchev–Trinajstić information content (AvgIpc) is 3.15. The second-order valence-corrected chi connectivity index (χ2v) is 8.96. The summed E-state index contributed by atoms with van der Waals surface area (Å²) in [6.07, 6.45) is 1.07. The van der Waals surface area contributed by atoms with Gasteiger partial charge in [-0.3, -0.25) is 0 Å². The van der Waals surface area contributed by atoms with E-state index in [1.165, 1.54) is 55.7 Å². The van der Waals surface area contributed by atoms with Crippen LogP contribution in [0.4, 0.5) is 0 Å². The molecule has 1 atom stereocenters. The van der Waals surface area contributed by atoms with Crippen LogP contribution in [0.25, 0.3) is 16.7 Å². The van der Waals surface area contributed by atoms with E-state index in [0.717, 1.165) is 6.42 Å². The minimum Gasteiger partial charge on any atom is -0.0701 e. The molecule has 0 nitrogen and oxygen atoms in total. The van der Waals surface area contributed by atoms with E-state index < -0.39 is 0 Å². The van der Waals surface area contributed by atoms with Crippen molar-refractivity contribution in [1.82, 2.24) is 0 Å². The molecule has 1 unspecified atom stereocenters. The summed E-state index contributed by atoms with van der Waals surface area (Å²) in [4.78, 5) is 0. The highest BCUT2D eigenvalue weighted by Crippen LogP contribution is 2.58. The van der Waals surface area contributed by atoms with Crippen LogP contribution in [0, 0.1) is 6.92 Å². The summed E-state index contributed by atoms with van der Waals surface area (Å²) in [6, 6.07) is 35.9. The van der Waals surface area contributed by atoms with Crippen LogP contribution in [0.1, 0.15) is 60.6 Å². The first-order chi connectivity index (χ1) is 15.6. The fourth-order valence-electron chi connectivity index (χ4n) is 5.57. The number of aryl methyl sites for hydroxylation is 1. The molecule has 158 valence electrons. The standard InChI is InChI=1S/C32H30/c1-5-22(2)24(4)26-18-13-21-30-31(26)27-17-10-12-20-29(27)32(30,25-15-7-6-8-16-25)28-19-11-9-14-23(28)3/h6-21H,5H2,1-4H3. The van der Waals surface area contributed by atoms with Crippen LogP contribution < -0.4 is 0 Å². The van der Waals surface area contributed by atoms with E-state index in [4.69, 9.17) is 0 Å². The SMILES string of the molecule is CCC(C)=C(C)c1cccc2c1-c1ccccc1C2(c1ccccc1)c1ccccc1C. The van der Waals surface area contributed by atoms with Gasteiger partial charge in [-0.15, -0.1) is 0 Å². The fourth-order valence-corrected chi connectivity index (χ4v) is 5.57. The van der Waals surface area contributed by atoms with Gasteiger partial charge < -0.3 is 0 Å². The van der Waals surface area contributed by atoms with Crippen molar-refractivity contribution in [2.45, 2.75) is 39.5 Å². The second kappa shape index (κ2) is 7.95. The normalized spacial score (nSPS) is 17.5. The monoisotopic (exact) mass is 414 g/mol. The first-order valence-corrected chi connectivity index (χ1v) is 11.6. The van der Waals surface area contributed by atoms with Gasteiger partial charge in [-0.25, -0.2) is 0 Å². The molecular weight excluding hydrogens is 384 g/mol. The molecule has 0 N–H and O–H groups in total. The molecule has 0 heterocycles. The summed E-state index contributed by atoms with van der Waals surface area (Å²) in [5, 5.41) is 0. The molecule has 4 aromatic carbocycles. The maximum atomic E-state index is 2.35. The lowest BCUT2D eigenvalue weighted by Crippen LogP contribution is -2.29. The van der Waals surface area contributed by atoms with E-state index >= 15 is 0 Å². The van der Waals surface area contributed by atoms with Gasteiger partial charge in [-0.2, -0.15) is 0 Å². The number of allylic oxidation sites excluding steroid dienone is 2. The van der Waals surface area contributed by atoms with E-state index in [2.05, 4.69) is 125 Å². The van der Waals surface area contributed by atoms with Crippen molar-refractivity contribution in [1.29, 1.82) is 0 Å². The Bertz CT molecular complexity index is 1320. The van der Waals surface area contributed by atoms with E-state index in [9.17, 15) is 0 Å². The zero-order valence-electron chi connectivity index (χ0n) is 19.4. The van der Waals surface area contributed by atoms with Crippen LogP contribution in [-0.2, 0) is 5.41 Å². The summed E-state index contributed by atoms with van der Waals surface area (Å²) in [5.41, 5.74) is 13.4. The van der Waals surface area contributed by atoms with Crippen molar-refractivity contribution >= 4 is 5.57 Å². The molecular formula is C32H30. The molecule has 0 bridgehead atoms. The molecule has 0 fully saturated rings. The van der Waals surface area contributed by atoms with E-state index in [-0.39, 0.29) is 5.41 Å². The zero-order chi connectivity index (χ0) is 22.3. The Morgan fingerprint density at radius 2 is 1.28 bits per heavy atom. The van der Waals surface area contributed by atoms with Crippen LogP contribution in [0.15, 0.2) is 103 Å². The predicted molar refractivity (Wildman–Crippen MR) is 137 cm³/mol. The number of rotatable bonds is 4. The van der Waals surface area contributed by atoms with Crippen molar-refractivity contribution in [2.75, 3.05) is 0 Å². The second-order valence-electron chi connectivity index (χ2n) is 8.96. The Hall–Kier alpha value is -3.38. The van der Waals surface area contributed by atoms with Crippen LogP contribution in [0.2, 0.25) is 0 Å². The third-order valence-corrected chi connectivity index (χ3v) is 7.40. The van der Waals surface area contributed by atoms with Crippen molar-refractivity contribution < 1.29 is 0 Å². The Morgan fingerprint density at radius 3 is 2.00 bits per heavy atom. The predicted octanol–water partition coefficient (Wildman–Crippen LogP) is 8.56. The van der Waals surface area contributed by atoms with Crippen LogP contribution in [0.3, 0.4) is 0 Å². The molecule has 1 aliphatic carbocycles. The van der Waals surface area contributed by atoms with Gasteiger partial charge in [0.15, 0.2) is 0 Å². The Kier molecular flexibility index (Phi) is 5.10. The first-order valence-electron chi connectivity index (χ1n) is 11.6. The van der Waals surface area contributed by atoms with Crippen LogP contribution >= 0.6 is 0 Å². The molecule has 5 rings (SSSR count). The highest BCUT2D eigenvalue weighted by molar-refractivity contribution is 5.93. The van der Waals surface area contributed by atoms with Gasteiger partial charge in [0.05, 0.1) is 5.41 Å². The number of hydrogen-bond donors (Lipinski definition) is 0. The molecule has 0 saturated heterocycles. The van der Waals surface area contributed by atoms with Gasteiger partial charge in [-0.1, -0.05) is 110 Å². The molecule has 0 spiro atoms. The molecule has 0 amide bonds. The molecule has 0 radical (unpaired) electrons. The Morgan fingerprint density at radius 1 is 0.656 bits per heavy atom. The summed E-state index contributed by atoms with van der Waals surface area (Å²) in [6.45, 7) is 9.04. The summed E-state index contributed by atoms with van der Waals surface area (Å²) in [5.74, 6) is 0. The molecule has 32 heavy (non-hydrogen) atoms. The Balaban J connectivity index is 1.99. The van der Waals surface area contributed by atoms with Gasteiger partial charge in [-0.05, 0) is 77.3 Å². The van der Waals surface area contributed by atoms with Gasteiger partial charge in [0.1, 0.15) is 0 Å². The highest BCUT2D eigenvalue weighted by atomic mass is 14.5. The van der Waals surface area contributed by atoms with Gasteiger partial charge in [0, 0.05) is 0 Å². The summed E-state index contributed by atoms with van der Waals surface area (Å²) >= 11 is 0. The molecule has 4 aromatic rings. The van der Waals surface area contributed by atoms with Crippen molar-refractivity contribution in [3.05, 3.63) is 136 Å². The maximum absolute atomic E-state index is 2.35. The smallest absolute Gasteiger partial charge is 0.0701 e. The average molecular weight is 415 g/mol. The lowest BCUT2D eigenvalue weighted by Gasteiger charge is -2.35. The van der Waals surface area contributed by atoms with Crippen LogP contribution in [0.5, 0.6) is 0 Å². The fraction of sp³-hybridized carbons (Fsp3) is 0.188. The minimum absolute atomic E-state index is 0.324. The van der Waals surface area contributed by atoms with E-state index in [1.807, 2.05) is 0 Å². The number of fused-ring (bicyclic) bond motifs is 3. The third kappa shape index (κ3) is 2.83. The largest absolute Gasteiger partial charge is 0.0716 e. The Labute approximate surface area is 192 Å². The van der Waals surface area contributed by atoms with E-state index in [1.54, 1.807) is 0 Å². The van der Waals surface area contributed by atoms with Crippen LogP contribution in [-0.4, -0.2) is 0 Å². The maximum Gasteiger partial charge on any atom is 0.0716 e. The van der Waals surface area contributed by atoms with E-state index in [0.29, 0.717) is 0 Å². The zero-order valence-corrected chi connectivity index (χ0v) is 19.4. The van der Waals surface area contributed by atoms with Gasteiger partial charge in [0.2, 0.25) is 0 Å². The number of benzene rings is 4. The molecule has 0 heteroatoms. The lowest BCUT2D eigenvalue weighted by molar-refractivity contribution is 0.761. The topological polar surface area (TPSA) is 0 Å². The van der Waals surface area contributed by atoms with Gasteiger partial charge in [0.25, 0.3) is 0 Å². The third-order valence-electron chi connectivity index (χ3n) is 7.40. The quantitative estimate of drug-likeness (QED) is 0.276. The lowest BCUT2D eigenvalue weighted by atomic mass is 9.66. The summed E-state index contributed by atoms with van der Waals surface area (Å²) in [7, 11) is 0. The molecule has 0 aliphatic heterocycles. The molecule has 0 saturated carbocycles.